The molecule has 2 fully saturated rings. The Morgan fingerprint density at radius 3 is 2.75 bits per heavy atom. The molecule has 104 valence electrons. The van der Waals surface area contributed by atoms with Crippen LogP contribution in [0.2, 0.25) is 0 Å². The van der Waals surface area contributed by atoms with E-state index in [0.717, 1.165) is 25.7 Å². The number of nitriles is 1. The Hall–Kier alpha value is -2.14. The van der Waals surface area contributed by atoms with Crippen molar-refractivity contribution in [2.45, 2.75) is 44.2 Å². The van der Waals surface area contributed by atoms with E-state index in [2.05, 4.69) is 10.9 Å². The van der Waals surface area contributed by atoms with Crippen molar-refractivity contribution in [1.29, 1.82) is 5.26 Å². The van der Waals surface area contributed by atoms with Gasteiger partial charge in [-0.2, -0.15) is 5.26 Å². The van der Waals surface area contributed by atoms with Gasteiger partial charge >= 0.3 is 0 Å². The van der Waals surface area contributed by atoms with Crippen molar-refractivity contribution in [3.05, 3.63) is 23.6 Å². The molecule has 1 unspecified atom stereocenters. The molecule has 5 heteroatoms. The molecule has 3 atom stereocenters. The van der Waals surface area contributed by atoms with Crippen LogP contribution < -0.4 is 0 Å². The Balaban J connectivity index is 1.96. The number of hydrogen-bond donors (Lipinski definition) is 0. The lowest BCUT2D eigenvalue weighted by atomic mass is 9.98. The third kappa shape index (κ3) is 2.88. The number of ketones is 1. The van der Waals surface area contributed by atoms with Crippen molar-refractivity contribution in [3.63, 3.8) is 0 Å². The first-order valence-corrected chi connectivity index (χ1v) is 6.96. The Kier molecular flexibility index (Phi) is 4.53. The van der Waals surface area contributed by atoms with E-state index in [1.165, 1.54) is 17.1 Å². The number of allylic oxidation sites excluding steroid dienone is 1. The Labute approximate surface area is 118 Å². The molecule has 0 spiro atoms. The molecule has 1 saturated carbocycles. The summed E-state index contributed by atoms with van der Waals surface area (Å²) in [7, 11) is 0. The first-order chi connectivity index (χ1) is 9.67. The van der Waals surface area contributed by atoms with Crippen LogP contribution in [-0.2, 0) is 9.59 Å². The highest BCUT2D eigenvalue weighted by Crippen LogP contribution is 2.29. The number of hydrogen-bond acceptors (Lipinski definition) is 3. The zero-order valence-electron chi connectivity index (χ0n) is 11.3. The zero-order valence-corrected chi connectivity index (χ0v) is 11.3. The first-order valence-electron chi connectivity index (χ1n) is 6.96. The number of rotatable bonds is 3. The number of likely N-dealkylation sites (tertiary alicyclic amines) is 1. The van der Waals surface area contributed by atoms with E-state index in [4.69, 9.17) is 11.8 Å². The maximum absolute atomic E-state index is 12.0. The average molecular weight is 271 g/mol. The molecule has 1 aliphatic carbocycles. The Bertz CT molecular complexity index is 466. The molecular weight excluding hydrogens is 254 g/mol. The normalized spacial score (nSPS) is 29.3. The highest BCUT2D eigenvalue weighted by molar-refractivity contribution is 5.99. The molecule has 2 rings (SSSR count). The number of nitrogens with zero attached hydrogens (tertiary/aromatic N) is 3. The molecule has 1 saturated heterocycles. The van der Waals surface area contributed by atoms with Crippen molar-refractivity contribution >= 4 is 11.7 Å². The van der Waals surface area contributed by atoms with E-state index in [1.807, 2.05) is 0 Å². The van der Waals surface area contributed by atoms with Gasteiger partial charge in [0.05, 0.1) is 12.0 Å². The van der Waals surface area contributed by atoms with Crippen LogP contribution in [0.5, 0.6) is 0 Å². The van der Waals surface area contributed by atoms with E-state index in [-0.39, 0.29) is 29.7 Å². The van der Waals surface area contributed by atoms with Crippen LogP contribution in [0, 0.1) is 23.8 Å². The summed E-state index contributed by atoms with van der Waals surface area (Å²) in [6.07, 6.45) is 6.48. The van der Waals surface area contributed by atoms with Crippen LogP contribution in [0.4, 0.5) is 0 Å². The quantitative estimate of drug-likeness (QED) is 0.580. The molecule has 0 aromatic rings. The van der Waals surface area contributed by atoms with Gasteiger partial charge < -0.3 is 9.74 Å². The summed E-state index contributed by atoms with van der Waals surface area (Å²) < 4.78 is 0. The van der Waals surface area contributed by atoms with E-state index in [0.29, 0.717) is 13.0 Å². The van der Waals surface area contributed by atoms with E-state index in [1.54, 1.807) is 0 Å². The smallest absolute Gasteiger partial charge is 0.247 e. The van der Waals surface area contributed by atoms with Gasteiger partial charge in [-0.15, -0.1) is 0 Å². The maximum atomic E-state index is 12.0. The third-order valence-electron chi connectivity index (χ3n) is 4.09. The topological polar surface area (TPSA) is 65.5 Å². The maximum Gasteiger partial charge on any atom is 0.247 e. The van der Waals surface area contributed by atoms with Crippen LogP contribution in [0.3, 0.4) is 0 Å². The van der Waals surface area contributed by atoms with Gasteiger partial charge in [-0.25, -0.2) is 6.57 Å². The fourth-order valence-corrected chi connectivity index (χ4v) is 2.96. The minimum atomic E-state index is -0.371. The molecule has 0 radical (unpaired) electrons. The molecule has 1 heterocycles. The van der Waals surface area contributed by atoms with Gasteiger partial charge in [-0.1, -0.05) is 0 Å². The summed E-state index contributed by atoms with van der Waals surface area (Å²) in [5, 5.41) is 8.93. The highest BCUT2D eigenvalue weighted by atomic mass is 16.2. The largest absolute Gasteiger partial charge is 0.323 e. The second kappa shape index (κ2) is 6.34. The molecule has 0 aromatic carbocycles. The fraction of sp³-hybridized carbons (Fsp3) is 0.600. The number of carbonyl (C=O) groups excluding carboxylic acids is 2. The zero-order chi connectivity index (χ0) is 14.5. The Morgan fingerprint density at radius 2 is 2.05 bits per heavy atom. The summed E-state index contributed by atoms with van der Waals surface area (Å²) in [5.41, 5.74) is 0. The van der Waals surface area contributed by atoms with Gasteiger partial charge in [-0.3, -0.25) is 9.59 Å². The summed E-state index contributed by atoms with van der Waals surface area (Å²) in [6, 6.07) is 1.49. The molecule has 1 aliphatic heterocycles. The molecule has 0 bridgehead atoms. The van der Waals surface area contributed by atoms with Crippen LogP contribution in [0.15, 0.2) is 12.2 Å². The van der Waals surface area contributed by atoms with Crippen molar-refractivity contribution in [2.75, 3.05) is 6.54 Å². The van der Waals surface area contributed by atoms with E-state index in [9.17, 15) is 9.59 Å². The first kappa shape index (κ1) is 14.3. The van der Waals surface area contributed by atoms with Crippen LogP contribution in [0.1, 0.15) is 32.1 Å². The number of amides is 1. The second-order valence-corrected chi connectivity index (χ2v) is 5.29. The standard InChI is InChI=1S/C15H17N3O2/c1-17-13-6-2-5-12(13)14(19)7-8-15(20)18-9-3-4-11(18)10-16/h7-8,11-13H,2-6,9H2/b8-7+/t11-,12?,13+/m0/s1. The lowest BCUT2D eigenvalue weighted by molar-refractivity contribution is -0.126. The summed E-state index contributed by atoms with van der Waals surface area (Å²) in [6.45, 7) is 7.64. The van der Waals surface area contributed by atoms with Crippen molar-refractivity contribution in [3.8, 4) is 6.07 Å². The molecule has 0 N–H and O–H groups in total. The minimum absolute atomic E-state index is 0.135. The van der Waals surface area contributed by atoms with E-state index >= 15 is 0 Å². The predicted octanol–water partition coefficient (Wildman–Crippen LogP) is 1.71. The fourth-order valence-electron chi connectivity index (χ4n) is 2.96. The molecule has 20 heavy (non-hydrogen) atoms. The second-order valence-electron chi connectivity index (χ2n) is 5.29. The van der Waals surface area contributed by atoms with Gasteiger partial charge in [0.15, 0.2) is 5.78 Å². The van der Waals surface area contributed by atoms with Gasteiger partial charge in [0.25, 0.3) is 0 Å². The molecule has 1 amide bonds. The predicted molar refractivity (Wildman–Crippen MR) is 72.2 cm³/mol. The summed E-state index contributed by atoms with van der Waals surface area (Å²) in [4.78, 5) is 29.0. The summed E-state index contributed by atoms with van der Waals surface area (Å²) in [5.74, 6) is -0.675. The molecule has 0 aromatic heterocycles. The monoisotopic (exact) mass is 271 g/mol. The van der Waals surface area contributed by atoms with Gasteiger partial charge in [0.1, 0.15) is 6.04 Å². The van der Waals surface area contributed by atoms with Gasteiger partial charge in [0.2, 0.25) is 11.9 Å². The minimum Gasteiger partial charge on any atom is -0.323 e. The van der Waals surface area contributed by atoms with Crippen LogP contribution >= 0.6 is 0 Å². The van der Waals surface area contributed by atoms with Crippen LogP contribution in [0.25, 0.3) is 4.85 Å². The average Bonchev–Trinajstić information content (AvgIpc) is 3.11. The third-order valence-corrected chi connectivity index (χ3v) is 4.09. The van der Waals surface area contributed by atoms with Crippen molar-refractivity contribution in [2.24, 2.45) is 5.92 Å². The lowest BCUT2D eigenvalue weighted by Gasteiger charge is -2.17. The van der Waals surface area contributed by atoms with E-state index < -0.39 is 0 Å². The lowest BCUT2D eigenvalue weighted by Crippen LogP contribution is -2.33. The molecule has 5 nitrogen and oxygen atoms in total. The number of carbonyl (C=O) groups is 2. The van der Waals surface area contributed by atoms with Gasteiger partial charge in [0, 0.05) is 19.0 Å². The highest BCUT2D eigenvalue weighted by Gasteiger charge is 2.36. The van der Waals surface area contributed by atoms with Crippen molar-refractivity contribution in [1.82, 2.24) is 4.90 Å². The molecule has 2 aliphatic rings. The van der Waals surface area contributed by atoms with Crippen LogP contribution in [-0.4, -0.2) is 35.2 Å². The summed E-state index contributed by atoms with van der Waals surface area (Å²) >= 11 is 0. The SMILES string of the molecule is [C-]#[N+][C@@H]1CCCC1C(=O)/C=C/C(=O)N1CCC[C@H]1C#N. The van der Waals surface area contributed by atoms with Crippen molar-refractivity contribution < 1.29 is 9.59 Å². The molecular formula is C15H17N3O2. The van der Waals surface area contributed by atoms with Gasteiger partial charge in [-0.05, 0) is 31.8 Å². The Morgan fingerprint density at radius 1 is 1.25 bits per heavy atom.